The maximum absolute atomic E-state index is 12.5. The van der Waals surface area contributed by atoms with Crippen LogP contribution in [0.3, 0.4) is 0 Å². The number of aromatic amines is 1. The van der Waals surface area contributed by atoms with E-state index in [1.807, 2.05) is 0 Å². The fraction of sp³-hybridized carbons (Fsp3) is 0.308. The molecule has 0 saturated heterocycles. The lowest BCUT2D eigenvalue weighted by molar-refractivity contribution is -0.143. The predicted molar refractivity (Wildman–Crippen MR) is 79.2 cm³/mol. The number of nitrogens with zero attached hydrogens (tertiary/aromatic N) is 1. The van der Waals surface area contributed by atoms with Crippen LogP contribution in [0.1, 0.15) is 6.92 Å². The van der Waals surface area contributed by atoms with E-state index in [-0.39, 0.29) is 18.0 Å². The summed E-state index contributed by atoms with van der Waals surface area (Å²) in [5.41, 5.74) is 6.82. The van der Waals surface area contributed by atoms with E-state index in [9.17, 15) is 13.2 Å². The first-order chi connectivity index (χ1) is 9.86. The van der Waals surface area contributed by atoms with Gasteiger partial charge in [0.15, 0.2) is 0 Å². The van der Waals surface area contributed by atoms with Crippen molar-refractivity contribution in [2.24, 2.45) is 0 Å². The van der Waals surface area contributed by atoms with E-state index in [1.54, 1.807) is 25.1 Å². The molecule has 0 unspecified atom stereocenters. The first-order valence-corrected chi connectivity index (χ1v) is 7.79. The molecular formula is C13H17N3O4S. The topological polar surface area (TPSA) is 105 Å². The number of nitrogens with two attached hydrogens (primary N) is 1. The van der Waals surface area contributed by atoms with Crippen LogP contribution in [-0.4, -0.2) is 43.9 Å². The zero-order chi connectivity index (χ0) is 15.6. The van der Waals surface area contributed by atoms with Crippen LogP contribution in [0, 0.1) is 0 Å². The molecule has 2 aromatic rings. The number of benzene rings is 1. The lowest BCUT2D eigenvalue weighted by Crippen LogP contribution is -2.33. The molecule has 21 heavy (non-hydrogen) atoms. The summed E-state index contributed by atoms with van der Waals surface area (Å²) in [6.45, 7) is 1.54. The summed E-state index contributed by atoms with van der Waals surface area (Å²) in [6, 6.07) is 4.91. The lowest BCUT2D eigenvalue weighted by atomic mass is 10.2. The minimum atomic E-state index is -3.79. The normalized spacial score (nSPS) is 12.0. The van der Waals surface area contributed by atoms with Gasteiger partial charge in [0.05, 0.1) is 6.61 Å². The van der Waals surface area contributed by atoms with Crippen LogP contribution in [-0.2, 0) is 19.6 Å². The molecule has 1 heterocycles. The van der Waals surface area contributed by atoms with Crippen LogP contribution >= 0.6 is 0 Å². The van der Waals surface area contributed by atoms with E-state index in [1.165, 1.54) is 13.2 Å². The number of esters is 1. The lowest BCUT2D eigenvalue weighted by Gasteiger charge is -2.15. The molecule has 1 aromatic heterocycles. The molecule has 1 aromatic carbocycles. The Balaban J connectivity index is 2.35. The molecule has 0 bridgehead atoms. The number of rotatable bonds is 5. The van der Waals surface area contributed by atoms with Gasteiger partial charge in [-0.05, 0) is 25.1 Å². The van der Waals surface area contributed by atoms with Crippen molar-refractivity contribution in [1.29, 1.82) is 0 Å². The molecular weight excluding hydrogens is 294 g/mol. The van der Waals surface area contributed by atoms with E-state index < -0.39 is 16.0 Å². The summed E-state index contributed by atoms with van der Waals surface area (Å²) in [6.07, 6.45) is 1.39. The SMILES string of the molecule is CCOC(=O)CN(C)S(=O)(=O)c1c[nH]c2cc(N)ccc12. The number of hydrogen-bond donors (Lipinski definition) is 2. The number of nitrogen functional groups attached to an aromatic ring is 1. The van der Waals surface area contributed by atoms with Crippen molar-refractivity contribution < 1.29 is 17.9 Å². The van der Waals surface area contributed by atoms with Crippen LogP contribution in [0.25, 0.3) is 10.9 Å². The molecule has 2 rings (SSSR count). The second-order valence-electron chi connectivity index (χ2n) is 4.52. The van der Waals surface area contributed by atoms with Crippen LogP contribution in [0.2, 0.25) is 0 Å². The van der Waals surface area contributed by atoms with Gasteiger partial charge in [-0.1, -0.05) is 0 Å². The quantitative estimate of drug-likeness (QED) is 0.631. The number of H-pyrrole nitrogens is 1. The highest BCUT2D eigenvalue weighted by Gasteiger charge is 2.26. The standard InChI is InChI=1S/C13H17N3O4S/c1-3-20-13(17)8-16(2)21(18,19)12-7-15-11-6-9(14)4-5-10(11)12/h4-7,15H,3,8,14H2,1-2H3. The zero-order valence-electron chi connectivity index (χ0n) is 11.8. The minimum Gasteiger partial charge on any atom is -0.465 e. The number of hydrogen-bond acceptors (Lipinski definition) is 5. The van der Waals surface area contributed by atoms with Gasteiger partial charge >= 0.3 is 5.97 Å². The fourth-order valence-electron chi connectivity index (χ4n) is 1.97. The first-order valence-electron chi connectivity index (χ1n) is 6.35. The van der Waals surface area contributed by atoms with Crippen molar-refractivity contribution in [3.05, 3.63) is 24.4 Å². The zero-order valence-corrected chi connectivity index (χ0v) is 12.6. The second kappa shape index (κ2) is 5.74. The highest BCUT2D eigenvalue weighted by Crippen LogP contribution is 2.26. The Hall–Kier alpha value is -2.06. The van der Waals surface area contributed by atoms with E-state index in [4.69, 9.17) is 10.5 Å². The number of carbonyl (C=O) groups is 1. The Kier molecular flexibility index (Phi) is 4.19. The van der Waals surface area contributed by atoms with Crippen molar-refractivity contribution in [2.45, 2.75) is 11.8 Å². The van der Waals surface area contributed by atoms with E-state index in [0.717, 1.165) is 4.31 Å². The van der Waals surface area contributed by atoms with Gasteiger partial charge < -0.3 is 15.5 Å². The third-order valence-corrected chi connectivity index (χ3v) is 4.86. The minimum absolute atomic E-state index is 0.101. The van der Waals surface area contributed by atoms with E-state index in [2.05, 4.69) is 4.98 Å². The summed E-state index contributed by atoms with van der Waals surface area (Å²) in [5, 5.41) is 0.528. The first kappa shape index (κ1) is 15.3. The van der Waals surface area contributed by atoms with Gasteiger partial charge in [0.25, 0.3) is 0 Å². The highest BCUT2D eigenvalue weighted by atomic mass is 32.2. The van der Waals surface area contributed by atoms with Gasteiger partial charge in [-0.15, -0.1) is 0 Å². The van der Waals surface area contributed by atoms with Gasteiger partial charge in [-0.3, -0.25) is 4.79 Å². The molecule has 0 amide bonds. The molecule has 7 nitrogen and oxygen atoms in total. The van der Waals surface area contributed by atoms with Crippen LogP contribution < -0.4 is 5.73 Å². The highest BCUT2D eigenvalue weighted by molar-refractivity contribution is 7.89. The molecule has 3 N–H and O–H groups in total. The maximum atomic E-state index is 12.5. The molecule has 114 valence electrons. The third kappa shape index (κ3) is 3.01. The van der Waals surface area contributed by atoms with Crippen molar-refractivity contribution >= 4 is 32.6 Å². The Morgan fingerprint density at radius 3 is 2.81 bits per heavy atom. The van der Waals surface area contributed by atoms with Gasteiger partial charge in [-0.25, -0.2) is 8.42 Å². The van der Waals surface area contributed by atoms with Crippen LogP contribution in [0.4, 0.5) is 5.69 Å². The third-order valence-electron chi connectivity index (χ3n) is 3.01. The number of nitrogens with one attached hydrogen (secondary N) is 1. The van der Waals surface area contributed by atoms with E-state index in [0.29, 0.717) is 16.6 Å². The number of fused-ring (bicyclic) bond motifs is 1. The Morgan fingerprint density at radius 1 is 1.43 bits per heavy atom. The average Bonchev–Trinajstić information content (AvgIpc) is 2.82. The summed E-state index contributed by atoms with van der Waals surface area (Å²) in [5.74, 6) is -0.590. The van der Waals surface area contributed by atoms with E-state index >= 15 is 0 Å². The molecule has 0 spiro atoms. The van der Waals surface area contributed by atoms with Gasteiger partial charge in [0, 0.05) is 29.8 Å². The van der Waals surface area contributed by atoms with Gasteiger partial charge in [-0.2, -0.15) is 4.31 Å². The monoisotopic (exact) mass is 311 g/mol. The van der Waals surface area contributed by atoms with Crippen LogP contribution in [0.15, 0.2) is 29.3 Å². The molecule has 0 radical (unpaired) electrons. The molecule has 8 heteroatoms. The van der Waals surface area contributed by atoms with Crippen molar-refractivity contribution in [1.82, 2.24) is 9.29 Å². The van der Waals surface area contributed by atoms with Gasteiger partial charge in [0.1, 0.15) is 11.4 Å². The average molecular weight is 311 g/mol. The summed E-state index contributed by atoms with van der Waals surface area (Å²) in [4.78, 5) is 14.4. The molecule has 0 aliphatic rings. The smallest absolute Gasteiger partial charge is 0.321 e. The fourth-order valence-corrected chi connectivity index (χ4v) is 3.25. The Bertz CT molecular complexity index is 767. The predicted octanol–water partition coefficient (Wildman–Crippen LogP) is 0.934. The number of ether oxygens (including phenoxy) is 1. The van der Waals surface area contributed by atoms with Gasteiger partial charge in [0.2, 0.25) is 10.0 Å². The summed E-state index contributed by atoms with van der Waals surface area (Å²) < 4.78 is 30.7. The number of carbonyl (C=O) groups excluding carboxylic acids is 1. The number of anilines is 1. The maximum Gasteiger partial charge on any atom is 0.321 e. The largest absolute Gasteiger partial charge is 0.465 e. The Labute approximate surface area is 122 Å². The Morgan fingerprint density at radius 2 is 2.14 bits per heavy atom. The number of likely N-dealkylation sites (N-methyl/N-ethyl adjacent to an activating group) is 1. The molecule has 0 aliphatic carbocycles. The second-order valence-corrected chi connectivity index (χ2v) is 6.54. The van der Waals surface area contributed by atoms with Crippen LogP contribution in [0.5, 0.6) is 0 Å². The van der Waals surface area contributed by atoms with Crippen molar-refractivity contribution in [2.75, 3.05) is 25.9 Å². The molecule has 0 saturated carbocycles. The van der Waals surface area contributed by atoms with Crippen molar-refractivity contribution in [3.63, 3.8) is 0 Å². The summed E-state index contributed by atoms with van der Waals surface area (Å²) in [7, 11) is -2.45. The molecule has 0 fully saturated rings. The van der Waals surface area contributed by atoms with Crippen molar-refractivity contribution in [3.8, 4) is 0 Å². The number of sulfonamides is 1. The molecule has 0 aliphatic heterocycles. The number of aromatic nitrogens is 1. The molecule has 0 atom stereocenters. The summed E-state index contributed by atoms with van der Waals surface area (Å²) >= 11 is 0.